The lowest BCUT2D eigenvalue weighted by Gasteiger charge is -2.31. The van der Waals surface area contributed by atoms with Gasteiger partial charge in [-0.2, -0.15) is 0 Å². The van der Waals surface area contributed by atoms with Crippen LogP contribution in [0.5, 0.6) is 0 Å². The van der Waals surface area contributed by atoms with Crippen LogP contribution in [0.2, 0.25) is 0 Å². The molecule has 3 heteroatoms. The van der Waals surface area contributed by atoms with Gasteiger partial charge in [0.15, 0.2) is 0 Å². The van der Waals surface area contributed by atoms with Gasteiger partial charge < -0.3 is 10.2 Å². The Hall–Kier alpha value is -1.19. The van der Waals surface area contributed by atoms with Crippen LogP contribution in [0.4, 0.5) is 5.69 Å². The van der Waals surface area contributed by atoms with Gasteiger partial charge in [-0.3, -0.25) is 0 Å². The molecule has 3 rings (SSSR count). The molecule has 1 fully saturated rings. The summed E-state index contributed by atoms with van der Waals surface area (Å²) in [5, 5.41) is 3.43. The van der Waals surface area contributed by atoms with Crippen LogP contribution in [-0.2, 0) is 0 Å². The predicted octanol–water partition coefficient (Wildman–Crippen LogP) is 4.20. The summed E-state index contributed by atoms with van der Waals surface area (Å²) >= 11 is 1.95. The third-order valence-corrected chi connectivity index (χ3v) is 5.69. The summed E-state index contributed by atoms with van der Waals surface area (Å²) in [6.45, 7) is 8.90. The standard InChI is InChI=1S/C18H24N2S/c1-14-6-5-7-15(2)18(14)21-17-9-4-3-8-16(17)20-12-10-19-11-13-20/h3-4,6,8-9,19H,5,7,10-13H2,1-2H3. The first-order chi connectivity index (χ1) is 10.3. The van der Waals surface area contributed by atoms with Crippen molar-refractivity contribution in [1.29, 1.82) is 0 Å². The second-order valence-corrected chi connectivity index (χ2v) is 6.89. The van der Waals surface area contributed by atoms with Crippen molar-refractivity contribution < 1.29 is 0 Å². The molecule has 1 aromatic carbocycles. The molecule has 1 aliphatic carbocycles. The van der Waals surface area contributed by atoms with Gasteiger partial charge in [0.2, 0.25) is 0 Å². The van der Waals surface area contributed by atoms with E-state index in [1.807, 2.05) is 11.8 Å². The van der Waals surface area contributed by atoms with Crippen molar-refractivity contribution in [2.24, 2.45) is 0 Å². The van der Waals surface area contributed by atoms with Crippen LogP contribution in [-0.4, -0.2) is 26.2 Å². The zero-order valence-corrected chi connectivity index (χ0v) is 13.8. The lowest BCUT2D eigenvalue weighted by atomic mass is 10.0. The second kappa shape index (κ2) is 6.71. The van der Waals surface area contributed by atoms with Gasteiger partial charge in [-0.05, 0) is 44.4 Å². The third kappa shape index (κ3) is 3.35. The molecule has 1 N–H and O–H groups in total. The first kappa shape index (κ1) is 14.7. The molecule has 0 bridgehead atoms. The molecule has 0 unspecified atom stereocenters. The average molecular weight is 300 g/mol. The van der Waals surface area contributed by atoms with Crippen LogP contribution in [0.15, 0.2) is 51.3 Å². The Morgan fingerprint density at radius 1 is 1.10 bits per heavy atom. The highest BCUT2D eigenvalue weighted by molar-refractivity contribution is 8.03. The number of para-hydroxylation sites is 1. The Bertz CT molecular complexity index is 568. The molecule has 2 aliphatic rings. The lowest BCUT2D eigenvalue weighted by molar-refractivity contribution is 0.587. The highest BCUT2D eigenvalue weighted by atomic mass is 32.2. The van der Waals surface area contributed by atoms with Gasteiger partial charge in [0.1, 0.15) is 0 Å². The molecule has 2 nitrogen and oxygen atoms in total. The Balaban J connectivity index is 1.87. The van der Waals surface area contributed by atoms with Gasteiger partial charge >= 0.3 is 0 Å². The number of rotatable bonds is 3. The number of piperazine rings is 1. The van der Waals surface area contributed by atoms with Crippen LogP contribution >= 0.6 is 11.8 Å². The van der Waals surface area contributed by atoms with E-state index in [2.05, 4.69) is 54.4 Å². The van der Waals surface area contributed by atoms with E-state index >= 15 is 0 Å². The molecule has 0 aromatic heterocycles. The van der Waals surface area contributed by atoms with Gasteiger partial charge in [0.25, 0.3) is 0 Å². The molecule has 1 aliphatic heterocycles. The predicted molar refractivity (Wildman–Crippen MR) is 93.1 cm³/mol. The molecular formula is C18H24N2S. The van der Waals surface area contributed by atoms with Crippen molar-refractivity contribution in [2.75, 3.05) is 31.1 Å². The fourth-order valence-corrected chi connectivity index (χ4v) is 4.22. The van der Waals surface area contributed by atoms with E-state index in [0.717, 1.165) is 26.2 Å². The van der Waals surface area contributed by atoms with Crippen molar-refractivity contribution in [3.8, 4) is 0 Å². The van der Waals surface area contributed by atoms with Gasteiger partial charge in [-0.1, -0.05) is 35.5 Å². The normalized spacial score (nSPS) is 19.7. The zero-order valence-electron chi connectivity index (χ0n) is 13.0. The monoisotopic (exact) mass is 300 g/mol. The van der Waals surface area contributed by atoms with E-state index in [4.69, 9.17) is 0 Å². The molecular weight excluding hydrogens is 276 g/mol. The third-order valence-electron chi connectivity index (χ3n) is 4.25. The number of hydrogen-bond donors (Lipinski definition) is 1. The van der Waals surface area contributed by atoms with Crippen molar-refractivity contribution >= 4 is 17.4 Å². The molecule has 0 spiro atoms. The van der Waals surface area contributed by atoms with Crippen molar-refractivity contribution in [1.82, 2.24) is 5.32 Å². The largest absolute Gasteiger partial charge is 0.368 e. The second-order valence-electron chi connectivity index (χ2n) is 5.84. The maximum absolute atomic E-state index is 3.43. The number of nitrogens with zero attached hydrogens (tertiary/aromatic N) is 1. The first-order valence-corrected chi connectivity index (χ1v) is 8.67. The summed E-state index contributed by atoms with van der Waals surface area (Å²) in [7, 11) is 0. The van der Waals surface area contributed by atoms with Crippen molar-refractivity contribution in [2.45, 2.75) is 31.6 Å². The maximum atomic E-state index is 3.43. The first-order valence-electron chi connectivity index (χ1n) is 7.85. The highest BCUT2D eigenvalue weighted by Gasteiger charge is 2.17. The zero-order chi connectivity index (χ0) is 14.7. The molecule has 0 radical (unpaired) electrons. The minimum absolute atomic E-state index is 1.08. The molecule has 21 heavy (non-hydrogen) atoms. The summed E-state index contributed by atoms with van der Waals surface area (Å²) < 4.78 is 0. The Kier molecular flexibility index (Phi) is 4.71. The fraction of sp³-hybridized carbons (Fsp3) is 0.444. The van der Waals surface area contributed by atoms with Gasteiger partial charge in [-0.15, -0.1) is 0 Å². The fourth-order valence-electron chi connectivity index (χ4n) is 3.04. The number of thioether (sulfide) groups is 1. The molecule has 1 aromatic rings. The quantitative estimate of drug-likeness (QED) is 0.900. The maximum Gasteiger partial charge on any atom is 0.0508 e. The van der Waals surface area contributed by atoms with E-state index in [-0.39, 0.29) is 0 Å². The topological polar surface area (TPSA) is 15.3 Å². The molecule has 0 saturated carbocycles. The number of nitrogens with one attached hydrogen (secondary N) is 1. The minimum atomic E-state index is 1.08. The van der Waals surface area contributed by atoms with E-state index in [9.17, 15) is 0 Å². The summed E-state index contributed by atoms with van der Waals surface area (Å²) in [5.41, 5.74) is 4.37. The van der Waals surface area contributed by atoms with E-state index in [1.54, 1.807) is 0 Å². The SMILES string of the molecule is CC1=CCCC(C)=C1Sc1ccccc1N1CCNCC1. The average Bonchev–Trinajstić information content (AvgIpc) is 2.52. The van der Waals surface area contributed by atoms with Crippen LogP contribution < -0.4 is 10.2 Å². The van der Waals surface area contributed by atoms with E-state index in [1.165, 1.54) is 39.5 Å². The van der Waals surface area contributed by atoms with Gasteiger partial charge in [-0.25, -0.2) is 0 Å². The number of anilines is 1. The Morgan fingerprint density at radius 3 is 2.62 bits per heavy atom. The Morgan fingerprint density at radius 2 is 1.86 bits per heavy atom. The smallest absolute Gasteiger partial charge is 0.0508 e. The minimum Gasteiger partial charge on any atom is -0.368 e. The molecule has 1 saturated heterocycles. The molecule has 112 valence electrons. The molecule has 0 atom stereocenters. The summed E-state index contributed by atoms with van der Waals surface area (Å²) in [6.07, 6.45) is 4.78. The number of allylic oxidation sites excluding steroid dienone is 3. The highest BCUT2D eigenvalue weighted by Crippen LogP contribution is 2.41. The van der Waals surface area contributed by atoms with Crippen LogP contribution in [0.1, 0.15) is 26.7 Å². The molecule has 0 amide bonds. The summed E-state index contributed by atoms with van der Waals surface area (Å²) in [4.78, 5) is 5.38. The lowest BCUT2D eigenvalue weighted by Crippen LogP contribution is -2.43. The van der Waals surface area contributed by atoms with Crippen molar-refractivity contribution in [3.05, 3.63) is 46.4 Å². The van der Waals surface area contributed by atoms with Crippen LogP contribution in [0.25, 0.3) is 0 Å². The number of benzene rings is 1. The summed E-state index contributed by atoms with van der Waals surface area (Å²) in [6, 6.07) is 8.85. The Labute approximate surface area is 132 Å². The number of hydrogen-bond acceptors (Lipinski definition) is 3. The van der Waals surface area contributed by atoms with Crippen LogP contribution in [0, 0.1) is 0 Å². The summed E-state index contributed by atoms with van der Waals surface area (Å²) in [5.74, 6) is 0. The van der Waals surface area contributed by atoms with Crippen molar-refractivity contribution in [3.63, 3.8) is 0 Å². The van der Waals surface area contributed by atoms with Gasteiger partial charge in [0, 0.05) is 36.0 Å². The van der Waals surface area contributed by atoms with Crippen LogP contribution in [0.3, 0.4) is 0 Å². The van der Waals surface area contributed by atoms with E-state index in [0.29, 0.717) is 0 Å². The van der Waals surface area contributed by atoms with E-state index < -0.39 is 0 Å². The molecule has 1 heterocycles. The van der Waals surface area contributed by atoms with Gasteiger partial charge in [0.05, 0.1) is 5.69 Å².